The van der Waals surface area contributed by atoms with Crippen LogP contribution in [0.1, 0.15) is 25.7 Å². The van der Waals surface area contributed by atoms with Crippen LogP contribution in [0.25, 0.3) is 0 Å². The Balaban J connectivity index is 1.70. The fraction of sp³-hybridized carbons (Fsp3) is 0.500. The van der Waals surface area contributed by atoms with Gasteiger partial charge in [0, 0.05) is 17.1 Å². The van der Waals surface area contributed by atoms with Gasteiger partial charge in [0.25, 0.3) is 0 Å². The average Bonchev–Trinajstić information content (AvgIpc) is 2.36. The minimum absolute atomic E-state index is 0.0177. The molecule has 1 aliphatic rings. The quantitative estimate of drug-likeness (QED) is 0.788. The Kier molecular flexibility index (Phi) is 4.82. The third kappa shape index (κ3) is 3.94. The molecule has 1 aromatic carbocycles. The molecular weight excluding hydrogens is 265 g/mol. The number of hydrogen-bond acceptors (Lipinski definition) is 3. The van der Waals surface area contributed by atoms with Crippen molar-refractivity contribution in [3.63, 3.8) is 0 Å². The van der Waals surface area contributed by atoms with Crippen molar-refractivity contribution in [3.05, 3.63) is 30.1 Å². The Hall–Kier alpha value is -1.07. The van der Waals surface area contributed by atoms with Crippen LogP contribution in [0.2, 0.25) is 0 Å². The standard InChI is InChI=1S/C14H18FNO2S/c15-11-2-4-12(5-3-11)19-9-6-13(18)16-14(10-17)7-1-8-14/h2-5,17H,1,6-10H2,(H,16,18). The minimum atomic E-state index is -0.363. The largest absolute Gasteiger partial charge is 0.394 e. The van der Waals surface area contributed by atoms with Crippen LogP contribution in [-0.4, -0.2) is 28.9 Å². The molecule has 0 radical (unpaired) electrons. The maximum Gasteiger partial charge on any atom is 0.221 e. The lowest BCUT2D eigenvalue weighted by Gasteiger charge is -2.41. The van der Waals surface area contributed by atoms with Crippen molar-refractivity contribution in [2.24, 2.45) is 0 Å². The highest BCUT2D eigenvalue weighted by Gasteiger charge is 2.37. The van der Waals surface area contributed by atoms with Gasteiger partial charge in [-0.25, -0.2) is 4.39 Å². The monoisotopic (exact) mass is 283 g/mol. The summed E-state index contributed by atoms with van der Waals surface area (Å²) >= 11 is 1.53. The summed E-state index contributed by atoms with van der Waals surface area (Å²) in [5, 5.41) is 12.2. The van der Waals surface area contributed by atoms with Crippen LogP contribution in [0.3, 0.4) is 0 Å². The van der Waals surface area contributed by atoms with Crippen LogP contribution in [-0.2, 0) is 4.79 Å². The molecule has 19 heavy (non-hydrogen) atoms. The molecule has 1 saturated carbocycles. The fourth-order valence-corrected chi connectivity index (χ4v) is 2.93. The number of thioether (sulfide) groups is 1. The molecule has 0 spiro atoms. The molecule has 5 heteroatoms. The van der Waals surface area contributed by atoms with Gasteiger partial charge in [0.1, 0.15) is 5.82 Å². The zero-order valence-corrected chi connectivity index (χ0v) is 11.5. The summed E-state index contributed by atoms with van der Waals surface area (Å²) in [5.74, 6) is 0.374. The molecule has 1 aromatic rings. The number of nitrogens with one attached hydrogen (secondary N) is 1. The first kappa shape index (κ1) is 14.3. The van der Waals surface area contributed by atoms with E-state index in [4.69, 9.17) is 0 Å². The van der Waals surface area contributed by atoms with Crippen molar-refractivity contribution in [2.75, 3.05) is 12.4 Å². The van der Waals surface area contributed by atoms with E-state index in [1.54, 1.807) is 12.1 Å². The third-order valence-corrected chi connectivity index (χ3v) is 4.44. The van der Waals surface area contributed by atoms with E-state index in [-0.39, 0.29) is 23.9 Å². The molecular formula is C14H18FNO2S. The lowest BCUT2D eigenvalue weighted by Crippen LogP contribution is -2.56. The molecule has 2 rings (SSSR count). The average molecular weight is 283 g/mol. The third-order valence-electron chi connectivity index (χ3n) is 3.43. The Morgan fingerprint density at radius 3 is 2.58 bits per heavy atom. The van der Waals surface area contributed by atoms with Crippen LogP contribution in [0.15, 0.2) is 29.2 Å². The molecule has 1 fully saturated rings. The summed E-state index contributed by atoms with van der Waals surface area (Å²) in [6.07, 6.45) is 3.19. The number of rotatable bonds is 6. The maximum atomic E-state index is 12.7. The van der Waals surface area contributed by atoms with Crippen LogP contribution in [0, 0.1) is 5.82 Å². The molecule has 3 nitrogen and oxygen atoms in total. The van der Waals surface area contributed by atoms with Gasteiger partial charge >= 0.3 is 0 Å². The molecule has 104 valence electrons. The first-order valence-electron chi connectivity index (χ1n) is 6.44. The van der Waals surface area contributed by atoms with E-state index >= 15 is 0 Å². The Morgan fingerprint density at radius 2 is 2.05 bits per heavy atom. The number of amides is 1. The van der Waals surface area contributed by atoms with Gasteiger partial charge < -0.3 is 10.4 Å². The lowest BCUT2D eigenvalue weighted by molar-refractivity contribution is -0.124. The summed E-state index contributed by atoms with van der Waals surface area (Å²) in [7, 11) is 0. The van der Waals surface area contributed by atoms with Crippen molar-refractivity contribution in [1.82, 2.24) is 5.32 Å². The van der Waals surface area contributed by atoms with Crippen LogP contribution < -0.4 is 5.32 Å². The number of hydrogen-bond donors (Lipinski definition) is 2. The molecule has 1 amide bonds. The first-order valence-corrected chi connectivity index (χ1v) is 7.42. The topological polar surface area (TPSA) is 49.3 Å². The highest BCUT2D eigenvalue weighted by Crippen LogP contribution is 2.31. The Bertz CT molecular complexity index is 426. The number of aliphatic hydroxyl groups is 1. The van der Waals surface area contributed by atoms with Crippen molar-refractivity contribution >= 4 is 17.7 Å². The van der Waals surface area contributed by atoms with E-state index in [9.17, 15) is 14.3 Å². The van der Waals surface area contributed by atoms with E-state index in [1.165, 1.54) is 23.9 Å². The predicted molar refractivity (Wildman–Crippen MR) is 73.6 cm³/mol. The van der Waals surface area contributed by atoms with Crippen molar-refractivity contribution in [1.29, 1.82) is 0 Å². The number of carbonyl (C=O) groups excluding carboxylic acids is 1. The normalized spacial score (nSPS) is 16.7. The van der Waals surface area contributed by atoms with E-state index in [0.717, 1.165) is 24.2 Å². The summed E-state index contributed by atoms with van der Waals surface area (Å²) in [4.78, 5) is 12.7. The highest BCUT2D eigenvalue weighted by molar-refractivity contribution is 7.99. The summed E-state index contributed by atoms with van der Waals surface area (Å²) < 4.78 is 12.7. The first-order chi connectivity index (χ1) is 9.13. The molecule has 0 saturated heterocycles. The lowest BCUT2D eigenvalue weighted by atomic mass is 9.77. The van der Waals surface area contributed by atoms with Crippen LogP contribution in [0.4, 0.5) is 4.39 Å². The number of halogens is 1. The second-order valence-electron chi connectivity index (χ2n) is 4.89. The van der Waals surface area contributed by atoms with E-state index in [1.807, 2.05) is 0 Å². The number of benzene rings is 1. The fourth-order valence-electron chi connectivity index (χ4n) is 2.08. The Labute approximate surface area is 116 Å². The number of aliphatic hydroxyl groups excluding tert-OH is 1. The molecule has 0 bridgehead atoms. The van der Waals surface area contributed by atoms with Gasteiger partial charge in [0.05, 0.1) is 12.1 Å². The summed E-state index contributed by atoms with van der Waals surface area (Å²) in [6, 6.07) is 6.24. The summed E-state index contributed by atoms with van der Waals surface area (Å²) in [6.45, 7) is 0.0177. The second kappa shape index (κ2) is 6.39. The predicted octanol–water partition coefficient (Wildman–Crippen LogP) is 2.34. The smallest absolute Gasteiger partial charge is 0.221 e. The SMILES string of the molecule is O=C(CCSc1ccc(F)cc1)NC1(CO)CCC1. The maximum absolute atomic E-state index is 12.7. The summed E-state index contributed by atoms with van der Waals surface area (Å²) in [5.41, 5.74) is -0.363. The Morgan fingerprint density at radius 1 is 1.37 bits per heavy atom. The molecule has 0 aromatic heterocycles. The highest BCUT2D eigenvalue weighted by atomic mass is 32.2. The zero-order chi connectivity index (χ0) is 13.7. The van der Waals surface area contributed by atoms with Gasteiger partial charge in [-0.15, -0.1) is 11.8 Å². The second-order valence-corrected chi connectivity index (χ2v) is 6.06. The van der Waals surface area contributed by atoms with E-state index in [2.05, 4.69) is 5.32 Å². The van der Waals surface area contributed by atoms with Crippen LogP contribution >= 0.6 is 11.8 Å². The van der Waals surface area contributed by atoms with Crippen molar-refractivity contribution in [2.45, 2.75) is 36.1 Å². The van der Waals surface area contributed by atoms with Gasteiger partial charge in [-0.3, -0.25) is 4.79 Å². The van der Waals surface area contributed by atoms with Gasteiger partial charge in [0.15, 0.2) is 0 Å². The van der Waals surface area contributed by atoms with E-state index < -0.39 is 0 Å². The molecule has 0 unspecified atom stereocenters. The van der Waals surface area contributed by atoms with Gasteiger partial charge in [0.2, 0.25) is 5.91 Å². The molecule has 0 aliphatic heterocycles. The van der Waals surface area contributed by atoms with Gasteiger partial charge in [-0.2, -0.15) is 0 Å². The van der Waals surface area contributed by atoms with Crippen LogP contribution in [0.5, 0.6) is 0 Å². The number of carbonyl (C=O) groups is 1. The van der Waals surface area contributed by atoms with Crippen molar-refractivity contribution in [3.8, 4) is 0 Å². The molecule has 0 heterocycles. The van der Waals surface area contributed by atoms with Crippen molar-refractivity contribution < 1.29 is 14.3 Å². The van der Waals surface area contributed by atoms with Gasteiger partial charge in [-0.1, -0.05) is 0 Å². The zero-order valence-electron chi connectivity index (χ0n) is 10.7. The van der Waals surface area contributed by atoms with Gasteiger partial charge in [-0.05, 0) is 43.5 Å². The molecule has 0 atom stereocenters. The van der Waals surface area contributed by atoms with E-state index in [0.29, 0.717) is 12.2 Å². The minimum Gasteiger partial charge on any atom is -0.394 e. The molecule has 1 aliphatic carbocycles. The molecule has 2 N–H and O–H groups in total.